The van der Waals surface area contributed by atoms with Crippen LogP contribution >= 0.6 is 0 Å². The highest BCUT2D eigenvalue weighted by Gasteiger charge is 2.15. The third-order valence-corrected chi connectivity index (χ3v) is 4.53. The second-order valence-electron chi connectivity index (χ2n) is 6.49. The first-order valence-electron chi connectivity index (χ1n) is 9.03. The summed E-state index contributed by atoms with van der Waals surface area (Å²) in [6.07, 6.45) is 3.36. The van der Waals surface area contributed by atoms with Crippen LogP contribution < -0.4 is 20.1 Å². The number of nitrogens with one attached hydrogen (secondary N) is 2. The zero-order valence-electron chi connectivity index (χ0n) is 15.3. The van der Waals surface area contributed by atoms with Crippen molar-refractivity contribution in [2.75, 3.05) is 17.4 Å². The summed E-state index contributed by atoms with van der Waals surface area (Å²) in [5, 5.41) is 7.12. The van der Waals surface area contributed by atoms with Crippen molar-refractivity contribution in [2.24, 2.45) is 0 Å². The largest absolute Gasteiger partial charge is 0.454 e. The summed E-state index contributed by atoms with van der Waals surface area (Å²) in [5.41, 5.74) is 2.91. The smallest absolute Gasteiger partial charge is 0.255 e. The Morgan fingerprint density at radius 2 is 1.76 bits per heavy atom. The van der Waals surface area contributed by atoms with Gasteiger partial charge in [0.2, 0.25) is 6.79 Å². The Balaban J connectivity index is 1.34. The average Bonchev–Trinajstić information content (AvgIpc) is 3.22. The number of benzene rings is 2. The first kappa shape index (κ1) is 17.0. The molecule has 0 spiro atoms. The van der Waals surface area contributed by atoms with E-state index in [2.05, 4.69) is 20.6 Å². The van der Waals surface area contributed by atoms with E-state index < -0.39 is 0 Å². The van der Waals surface area contributed by atoms with Crippen molar-refractivity contribution in [3.05, 3.63) is 78.6 Å². The molecule has 0 unspecified atom stereocenters. The van der Waals surface area contributed by atoms with Crippen LogP contribution in [0.5, 0.6) is 11.5 Å². The van der Waals surface area contributed by atoms with Gasteiger partial charge < -0.3 is 20.1 Å². The number of rotatable bonds is 4. The van der Waals surface area contributed by atoms with Gasteiger partial charge in [0.05, 0.1) is 5.52 Å². The second-order valence-corrected chi connectivity index (χ2v) is 6.49. The van der Waals surface area contributed by atoms with Gasteiger partial charge >= 0.3 is 0 Å². The Hall–Kier alpha value is -4.13. The first-order chi connectivity index (χ1) is 14.2. The minimum absolute atomic E-state index is 0.191. The van der Waals surface area contributed by atoms with E-state index in [0.717, 1.165) is 16.6 Å². The normalized spacial score (nSPS) is 12.0. The highest BCUT2D eigenvalue weighted by Crippen LogP contribution is 2.34. The number of anilines is 3. The topological polar surface area (TPSA) is 85.4 Å². The molecule has 1 aliphatic heterocycles. The maximum Gasteiger partial charge on any atom is 0.255 e. The molecule has 0 fully saturated rings. The van der Waals surface area contributed by atoms with Gasteiger partial charge in [-0.3, -0.25) is 9.78 Å². The number of carbonyl (C=O) groups excluding carboxylic acids is 1. The van der Waals surface area contributed by atoms with Gasteiger partial charge in [-0.2, -0.15) is 0 Å². The number of hydrogen-bond acceptors (Lipinski definition) is 6. The lowest BCUT2D eigenvalue weighted by molar-refractivity contribution is 0.102. The highest BCUT2D eigenvalue weighted by molar-refractivity contribution is 6.04. The third kappa shape index (κ3) is 3.53. The predicted molar refractivity (Wildman–Crippen MR) is 110 cm³/mol. The van der Waals surface area contributed by atoms with Gasteiger partial charge in [0, 0.05) is 40.8 Å². The van der Waals surface area contributed by atoms with Crippen LogP contribution in [0.4, 0.5) is 17.2 Å². The van der Waals surface area contributed by atoms with E-state index in [1.807, 2.05) is 30.3 Å². The minimum atomic E-state index is -0.239. The van der Waals surface area contributed by atoms with Crippen LogP contribution in [0.2, 0.25) is 0 Å². The molecule has 1 amide bonds. The summed E-state index contributed by atoms with van der Waals surface area (Å²) in [4.78, 5) is 21.3. The van der Waals surface area contributed by atoms with Gasteiger partial charge in [-0.1, -0.05) is 6.07 Å². The fourth-order valence-corrected chi connectivity index (χ4v) is 3.12. The summed E-state index contributed by atoms with van der Waals surface area (Å²) >= 11 is 0. The number of pyridine rings is 2. The van der Waals surface area contributed by atoms with E-state index in [1.54, 1.807) is 42.7 Å². The van der Waals surface area contributed by atoms with Crippen molar-refractivity contribution in [3.63, 3.8) is 0 Å². The Morgan fingerprint density at radius 3 is 2.72 bits per heavy atom. The lowest BCUT2D eigenvalue weighted by atomic mass is 10.2. The van der Waals surface area contributed by atoms with Crippen molar-refractivity contribution in [1.82, 2.24) is 9.97 Å². The molecule has 7 heteroatoms. The minimum Gasteiger partial charge on any atom is -0.454 e. The summed E-state index contributed by atoms with van der Waals surface area (Å²) in [7, 11) is 0. The van der Waals surface area contributed by atoms with E-state index in [9.17, 15) is 4.79 Å². The van der Waals surface area contributed by atoms with Gasteiger partial charge in [0.25, 0.3) is 5.91 Å². The SMILES string of the molecule is O=C(Nc1ccc2c(c1)OCO2)c1ccnc(Nc2ccc3ncccc3c2)c1. The molecule has 2 aromatic heterocycles. The van der Waals surface area contributed by atoms with Gasteiger partial charge in [0.1, 0.15) is 5.82 Å². The second kappa shape index (κ2) is 7.12. The number of ether oxygens (including phenoxy) is 2. The Morgan fingerprint density at radius 1 is 0.862 bits per heavy atom. The van der Waals surface area contributed by atoms with Gasteiger partial charge in [-0.25, -0.2) is 4.98 Å². The van der Waals surface area contributed by atoms with Crippen LogP contribution in [0.25, 0.3) is 10.9 Å². The molecule has 3 heterocycles. The van der Waals surface area contributed by atoms with Gasteiger partial charge in [0.15, 0.2) is 11.5 Å². The van der Waals surface area contributed by atoms with Crippen molar-refractivity contribution in [1.29, 1.82) is 0 Å². The standard InChI is InChI=1S/C22H16N4O3/c27-22(26-17-4-6-19-20(12-17)29-13-28-19)15-7-9-24-21(11-15)25-16-3-5-18-14(10-16)2-1-8-23-18/h1-12H,13H2,(H,24,25)(H,26,27). The summed E-state index contributed by atoms with van der Waals surface area (Å²) < 4.78 is 10.6. The quantitative estimate of drug-likeness (QED) is 0.544. The molecule has 0 saturated carbocycles. The van der Waals surface area contributed by atoms with Crippen LogP contribution in [-0.4, -0.2) is 22.7 Å². The number of amides is 1. The molecule has 142 valence electrons. The molecule has 2 aromatic carbocycles. The zero-order valence-corrected chi connectivity index (χ0v) is 15.3. The molecule has 1 aliphatic rings. The van der Waals surface area contributed by atoms with E-state index >= 15 is 0 Å². The number of aromatic nitrogens is 2. The van der Waals surface area contributed by atoms with Crippen molar-refractivity contribution in [3.8, 4) is 11.5 Å². The maximum absolute atomic E-state index is 12.6. The zero-order chi connectivity index (χ0) is 19.6. The van der Waals surface area contributed by atoms with Crippen LogP contribution in [0.15, 0.2) is 73.1 Å². The fourth-order valence-electron chi connectivity index (χ4n) is 3.12. The van der Waals surface area contributed by atoms with E-state index in [0.29, 0.717) is 28.6 Å². The van der Waals surface area contributed by atoms with Crippen LogP contribution in [0, 0.1) is 0 Å². The Kier molecular flexibility index (Phi) is 4.18. The molecule has 5 rings (SSSR count). The molecule has 7 nitrogen and oxygen atoms in total. The third-order valence-electron chi connectivity index (χ3n) is 4.53. The van der Waals surface area contributed by atoms with Crippen LogP contribution in [0.3, 0.4) is 0 Å². The number of fused-ring (bicyclic) bond motifs is 2. The van der Waals surface area contributed by atoms with Gasteiger partial charge in [-0.05, 0) is 48.5 Å². The monoisotopic (exact) mass is 384 g/mol. The van der Waals surface area contributed by atoms with Crippen LogP contribution in [0.1, 0.15) is 10.4 Å². The molecule has 29 heavy (non-hydrogen) atoms. The number of nitrogens with zero attached hydrogens (tertiary/aromatic N) is 2. The molecule has 2 N–H and O–H groups in total. The van der Waals surface area contributed by atoms with E-state index in [1.165, 1.54) is 0 Å². The van der Waals surface area contributed by atoms with Crippen molar-refractivity contribution in [2.45, 2.75) is 0 Å². The van der Waals surface area contributed by atoms with Crippen molar-refractivity contribution >= 4 is 34.0 Å². The molecule has 0 atom stereocenters. The maximum atomic E-state index is 12.6. The Bertz CT molecular complexity index is 1230. The highest BCUT2D eigenvalue weighted by atomic mass is 16.7. The molecular weight excluding hydrogens is 368 g/mol. The van der Waals surface area contributed by atoms with E-state index in [4.69, 9.17) is 9.47 Å². The molecular formula is C22H16N4O3. The lowest BCUT2D eigenvalue weighted by Crippen LogP contribution is -2.12. The van der Waals surface area contributed by atoms with Crippen LogP contribution in [-0.2, 0) is 0 Å². The summed E-state index contributed by atoms with van der Waals surface area (Å²) in [6, 6.07) is 18.4. The fraction of sp³-hybridized carbons (Fsp3) is 0.0455. The summed E-state index contributed by atoms with van der Waals surface area (Å²) in [5.74, 6) is 1.62. The molecule has 0 bridgehead atoms. The van der Waals surface area contributed by atoms with E-state index in [-0.39, 0.29) is 12.7 Å². The summed E-state index contributed by atoms with van der Waals surface area (Å²) in [6.45, 7) is 0.191. The van der Waals surface area contributed by atoms with Gasteiger partial charge in [-0.15, -0.1) is 0 Å². The average molecular weight is 384 g/mol. The molecule has 0 saturated heterocycles. The molecule has 4 aromatic rings. The predicted octanol–water partition coefficient (Wildman–Crippen LogP) is 4.35. The number of carbonyl (C=O) groups is 1. The lowest BCUT2D eigenvalue weighted by Gasteiger charge is -2.09. The van der Waals surface area contributed by atoms with Crippen molar-refractivity contribution < 1.29 is 14.3 Å². The number of hydrogen-bond donors (Lipinski definition) is 2. The molecule has 0 radical (unpaired) electrons. The first-order valence-corrected chi connectivity index (χ1v) is 9.03. The Labute approximate surface area is 166 Å². The molecule has 0 aliphatic carbocycles.